The summed E-state index contributed by atoms with van der Waals surface area (Å²) in [4.78, 5) is 31.9. The predicted octanol–water partition coefficient (Wildman–Crippen LogP) is 1.41. The minimum absolute atomic E-state index is 0.0423. The maximum atomic E-state index is 12.5. The van der Waals surface area contributed by atoms with Crippen molar-refractivity contribution < 1.29 is 9.59 Å². The zero-order valence-electron chi connectivity index (χ0n) is 12.5. The molecule has 1 aliphatic carbocycles. The second-order valence-electron chi connectivity index (χ2n) is 6.28. The van der Waals surface area contributed by atoms with Crippen LogP contribution in [0.15, 0.2) is 24.5 Å². The van der Waals surface area contributed by atoms with E-state index in [0.29, 0.717) is 23.8 Å². The van der Waals surface area contributed by atoms with Crippen molar-refractivity contribution in [1.29, 1.82) is 0 Å². The van der Waals surface area contributed by atoms with Crippen molar-refractivity contribution in [3.8, 4) is 0 Å². The molecule has 2 heterocycles. The molecular weight excluding hydrogens is 266 g/mol. The van der Waals surface area contributed by atoms with E-state index in [2.05, 4.69) is 4.98 Å². The molecule has 1 aliphatic heterocycles. The highest BCUT2D eigenvalue weighted by Crippen LogP contribution is 2.40. The van der Waals surface area contributed by atoms with Gasteiger partial charge in [-0.3, -0.25) is 14.6 Å². The van der Waals surface area contributed by atoms with E-state index in [1.54, 1.807) is 24.5 Å². The van der Waals surface area contributed by atoms with Crippen molar-refractivity contribution in [2.24, 2.45) is 11.8 Å². The molecule has 1 saturated carbocycles. The fourth-order valence-electron chi connectivity index (χ4n) is 3.67. The van der Waals surface area contributed by atoms with Gasteiger partial charge in [-0.2, -0.15) is 0 Å². The third kappa shape index (κ3) is 2.64. The summed E-state index contributed by atoms with van der Waals surface area (Å²) in [6, 6.07) is 3.73. The Labute approximate surface area is 124 Å². The van der Waals surface area contributed by atoms with E-state index < -0.39 is 0 Å². The summed E-state index contributed by atoms with van der Waals surface area (Å²) in [5, 5.41) is 0. The number of rotatable bonds is 2. The van der Waals surface area contributed by atoms with Gasteiger partial charge in [-0.15, -0.1) is 0 Å². The summed E-state index contributed by atoms with van der Waals surface area (Å²) in [5.41, 5.74) is 0.676. The topological polar surface area (TPSA) is 53.5 Å². The quantitative estimate of drug-likeness (QED) is 0.826. The molecular formula is C16H21N3O2. The first-order valence-electron chi connectivity index (χ1n) is 7.47. The van der Waals surface area contributed by atoms with Gasteiger partial charge in [0, 0.05) is 51.1 Å². The second-order valence-corrected chi connectivity index (χ2v) is 6.28. The molecule has 3 atom stereocenters. The van der Waals surface area contributed by atoms with E-state index in [9.17, 15) is 9.59 Å². The Morgan fingerprint density at radius 3 is 2.67 bits per heavy atom. The van der Waals surface area contributed by atoms with E-state index >= 15 is 0 Å². The first-order chi connectivity index (χ1) is 10.1. The largest absolute Gasteiger partial charge is 0.345 e. The average Bonchev–Trinajstić information content (AvgIpc) is 2.90. The highest BCUT2D eigenvalue weighted by molar-refractivity contribution is 5.94. The Morgan fingerprint density at radius 2 is 1.95 bits per heavy atom. The van der Waals surface area contributed by atoms with Crippen molar-refractivity contribution in [1.82, 2.24) is 14.8 Å². The number of carbonyl (C=O) groups is 2. The van der Waals surface area contributed by atoms with Gasteiger partial charge >= 0.3 is 0 Å². The Bertz CT molecular complexity index is 546. The van der Waals surface area contributed by atoms with Crippen molar-refractivity contribution in [2.75, 3.05) is 20.6 Å². The number of aromatic nitrogens is 1. The molecule has 1 aromatic rings. The highest BCUT2D eigenvalue weighted by Gasteiger charge is 2.42. The van der Waals surface area contributed by atoms with Crippen LogP contribution < -0.4 is 0 Å². The van der Waals surface area contributed by atoms with Crippen LogP contribution in [0.1, 0.15) is 29.6 Å². The lowest BCUT2D eigenvalue weighted by Crippen LogP contribution is -2.39. The summed E-state index contributed by atoms with van der Waals surface area (Å²) in [7, 11) is 3.74. The zero-order valence-corrected chi connectivity index (χ0v) is 12.5. The van der Waals surface area contributed by atoms with E-state index in [1.165, 1.54) is 0 Å². The second kappa shape index (κ2) is 5.47. The number of piperidine rings is 1. The highest BCUT2D eigenvalue weighted by atomic mass is 16.2. The Balaban J connectivity index is 1.68. The molecule has 0 radical (unpaired) electrons. The number of pyridine rings is 1. The third-order valence-corrected chi connectivity index (χ3v) is 4.98. The van der Waals surface area contributed by atoms with Gasteiger partial charge in [-0.1, -0.05) is 0 Å². The first-order valence-corrected chi connectivity index (χ1v) is 7.47. The number of hydrogen-bond acceptors (Lipinski definition) is 3. The Hall–Kier alpha value is -1.91. The summed E-state index contributed by atoms with van der Waals surface area (Å²) in [6.07, 6.45) is 5.86. The Kier molecular flexibility index (Phi) is 3.66. The molecule has 2 aliphatic rings. The standard InChI is InChI=1S/C16H21N3O2/c1-18-10-13-8-14(7-12(13)9-15(18)20)19(2)16(21)11-3-5-17-6-4-11/h3-6,12-14H,7-10H2,1-2H3/t12-,13+,14-/m0/s1. The molecule has 1 aromatic heterocycles. The van der Waals surface area contributed by atoms with Crippen molar-refractivity contribution in [2.45, 2.75) is 25.3 Å². The van der Waals surface area contributed by atoms with E-state index in [1.807, 2.05) is 23.9 Å². The summed E-state index contributed by atoms with van der Waals surface area (Å²) in [5.74, 6) is 1.25. The molecule has 0 bridgehead atoms. The fraction of sp³-hybridized carbons (Fsp3) is 0.562. The number of nitrogens with zero attached hydrogens (tertiary/aromatic N) is 3. The lowest BCUT2D eigenvalue weighted by molar-refractivity contribution is -0.134. The zero-order chi connectivity index (χ0) is 15.0. The van der Waals surface area contributed by atoms with Gasteiger partial charge in [0.05, 0.1) is 0 Å². The van der Waals surface area contributed by atoms with Crippen LogP contribution in [0.3, 0.4) is 0 Å². The number of amides is 2. The van der Waals surface area contributed by atoms with Gasteiger partial charge in [0.2, 0.25) is 5.91 Å². The number of likely N-dealkylation sites (tertiary alicyclic amines) is 1. The monoisotopic (exact) mass is 287 g/mol. The van der Waals surface area contributed by atoms with Crippen LogP contribution in [0, 0.1) is 11.8 Å². The van der Waals surface area contributed by atoms with Crippen LogP contribution in [-0.2, 0) is 4.79 Å². The number of carbonyl (C=O) groups excluding carboxylic acids is 2. The smallest absolute Gasteiger partial charge is 0.253 e. The van der Waals surface area contributed by atoms with E-state index in [0.717, 1.165) is 19.4 Å². The molecule has 5 heteroatoms. The molecule has 1 saturated heterocycles. The van der Waals surface area contributed by atoms with Gasteiger partial charge in [0.1, 0.15) is 0 Å². The molecule has 0 N–H and O–H groups in total. The van der Waals surface area contributed by atoms with E-state index in [-0.39, 0.29) is 17.9 Å². The Morgan fingerprint density at radius 1 is 1.29 bits per heavy atom. The summed E-state index contributed by atoms with van der Waals surface area (Å²) in [6.45, 7) is 0.831. The average molecular weight is 287 g/mol. The predicted molar refractivity (Wildman–Crippen MR) is 78.6 cm³/mol. The van der Waals surface area contributed by atoms with Crippen LogP contribution in [0.25, 0.3) is 0 Å². The molecule has 21 heavy (non-hydrogen) atoms. The first kappa shape index (κ1) is 14.0. The van der Waals surface area contributed by atoms with Crippen molar-refractivity contribution in [3.05, 3.63) is 30.1 Å². The normalized spacial score (nSPS) is 28.4. The van der Waals surface area contributed by atoms with Gasteiger partial charge in [-0.25, -0.2) is 0 Å². The number of hydrogen-bond donors (Lipinski definition) is 0. The molecule has 0 unspecified atom stereocenters. The maximum absolute atomic E-state index is 12.5. The molecule has 2 amide bonds. The summed E-state index contributed by atoms with van der Waals surface area (Å²) < 4.78 is 0. The third-order valence-electron chi connectivity index (χ3n) is 4.98. The van der Waals surface area contributed by atoms with Crippen LogP contribution in [0.2, 0.25) is 0 Å². The van der Waals surface area contributed by atoms with Crippen LogP contribution in [0.4, 0.5) is 0 Å². The minimum atomic E-state index is 0.0423. The van der Waals surface area contributed by atoms with Gasteiger partial charge in [-0.05, 0) is 36.8 Å². The molecule has 112 valence electrons. The molecule has 5 nitrogen and oxygen atoms in total. The van der Waals surface area contributed by atoms with Crippen molar-refractivity contribution in [3.63, 3.8) is 0 Å². The lowest BCUT2D eigenvalue weighted by Gasteiger charge is -2.31. The molecule has 0 spiro atoms. The van der Waals surface area contributed by atoms with Gasteiger partial charge in [0.15, 0.2) is 0 Å². The van der Waals surface area contributed by atoms with Crippen LogP contribution >= 0.6 is 0 Å². The van der Waals surface area contributed by atoms with E-state index in [4.69, 9.17) is 0 Å². The van der Waals surface area contributed by atoms with Gasteiger partial charge in [0.25, 0.3) is 5.91 Å². The van der Waals surface area contributed by atoms with Crippen LogP contribution in [0.5, 0.6) is 0 Å². The SMILES string of the molecule is CN1C[C@H]2C[C@@H](N(C)C(=O)c3ccncc3)C[C@H]2CC1=O. The van der Waals surface area contributed by atoms with Crippen molar-refractivity contribution >= 4 is 11.8 Å². The number of fused-ring (bicyclic) bond motifs is 1. The molecule has 3 rings (SSSR count). The molecule has 2 fully saturated rings. The van der Waals surface area contributed by atoms with Crippen LogP contribution in [-0.4, -0.2) is 53.3 Å². The fourth-order valence-corrected chi connectivity index (χ4v) is 3.67. The lowest BCUT2D eigenvalue weighted by atomic mass is 9.88. The molecule has 0 aromatic carbocycles. The van der Waals surface area contributed by atoms with Gasteiger partial charge < -0.3 is 9.80 Å². The maximum Gasteiger partial charge on any atom is 0.253 e. The minimum Gasteiger partial charge on any atom is -0.345 e. The summed E-state index contributed by atoms with van der Waals surface area (Å²) >= 11 is 0.